The van der Waals surface area contributed by atoms with Crippen molar-refractivity contribution >= 4 is 23.2 Å². The highest BCUT2D eigenvalue weighted by molar-refractivity contribution is 6.07. The summed E-state index contributed by atoms with van der Waals surface area (Å²) in [6.45, 7) is 11.6. The van der Waals surface area contributed by atoms with E-state index in [2.05, 4.69) is 16.8 Å². The Bertz CT molecular complexity index is 1310. The number of aliphatic hydroxyl groups is 1. The van der Waals surface area contributed by atoms with Crippen LogP contribution >= 0.6 is 0 Å². The number of carbonyl (C=O) groups is 2. The van der Waals surface area contributed by atoms with E-state index in [-0.39, 0.29) is 17.0 Å². The number of nitrogens with zero attached hydrogens (tertiary/aromatic N) is 4. The van der Waals surface area contributed by atoms with E-state index in [1.807, 2.05) is 18.2 Å². The molecule has 0 atom stereocenters. The molecule has 0 radical (unpaired) electrons. The van der Waals surface area contributed by atoms with Crippen LogP contribution < -0.4 is 15.8 Å². The number of nitriles is 1. The number of amides is 2. The molecule has 10 heteroatoms. The fraction of sp³-hybridized carbons (Fsp3) is 0.429. The number of hydrogen-bond donors (Lipinski definition) is 2. The van der Waals surface area contributed by atoms with Crippen molar-refractivity contribution in [1.29, 1.82) is 5.26 Å². The third-order valence-corrected chi connectivity index (χ3v) is 6.25. The Hall–Kier alpha value is -3.94. The Morgan fingerprint density at radius 1 is 1.26 bits per heavy atom. The zero-order valence-corrected chi connectivity index (χ0v) is 22.4. The number of ether oxygens (including phenoxy) is 1. The maximum Gasteiger partial charge on any atom is 0.263 e. The minimum Gasteiger partial charge on any atom is -0.390 e. The van der Waals surface area contributed by atoms with Crippen molar-refractivity contribution in [2.75, 3.05) is 43.1 Å². The molecule has 1 fully saturated rings. The Balaban J connectivity index is 0.000000732. The van der Waals surface area contributed by atoms with Gasteiger partial charge in [0.2, 0.25) is 0 Å². The highest BCUT2D eigenvalue weighted by Gasteiger charge is 2.31. The Morgan fingerprint density at radius 3 is 2.53 bits per heavy atom. The lowest BCUT2D eigenvalue weighted by Gasteiger charge is -2.31. The van der Waals surface area contributed by atoms with Gasteiger partial charge in [0.05, 0.1) is 36.3 Å². The van der Waals surface area contributed by atoms with Crippen LogP contribution in [0.5, 0.6) is 0 Å². The van der Waals surface area contributed by atoms with E-state index in [0.29, 0.717) is 62.6 Å². The van der Waals surface area contributed by atoms with Gasteiger partial charge < -0.3 is 29.5 Å². The molecule has 1 aromatic carbocycles. The van der Waals surface area contributed by atoms with E-state index in [0.717, 1.165) is 11.3 Å². The molecule has 2 aromatic rings. The third-order valence-electron chi connectivity index (χ3n) is 6.25. The van der Waals surface area contributed by atoms with E-state index in [1.165, 1.54) is 10.6 Å². The second kappa shape index (κ2) is 12.1. The Kier molecular flexibility index (Phi) is 9.09. The van der Waals surface area contributed by atoms with Crippen molar-refractivity contribution in [3.8, 4) is 6.07 Å². The van der Waals surface area contributed by atoms with E-state index in [4.69, 9.17) is 10.00 Å². The first-order chi connectivity index (χ1) is 17.9. The number of aryl methyl sites for hydroxylation is 1. The topological polar surface area (TPSA) is 128 Å². The molecule has 2 amide bonds. The van der Waals surface area contributed by atoms with Crippen LogP contribution in [0, 0.1) is 11.3 Å². The Labute approximate surface area is 222 Å². The molecule has 38 heavy (non-hydrogen) atoms. The number of morpholine rings is 1. The third kappa shape index (κ3) is 7.09. The number of hydrogen-bond acceptors (Lipinski definition) is 7. The number of rotatable bonds is 6. The van der Waals surface area contributed by atoms with Crippen molar-refractivity contribution < 1.29 is 19.4 Å². The number of allylic oxidation sites excluding steroid dienone is 1. The molecule has 0 saturated carbocycles. The summed E-state index contributed by atoms with van der Waals surface area (Å²) in [6, 6.07) is 8.64. The number of nitrogens with one attached hydrogen (secondary N) is 1. The largest absolute Gasteiger partial charge is 0.390 e. The van der Waals surface area contributed by atoms with Crippen molar-refractivity contribution in [2.45, 2.75) is 39.3 Å². The molecule has 3 heterocycles. The van der Waals surface area contributed by atoms with Crippen LogP contribution in [0.2, 0.25) is 0 Å². The van der Waals surface area contributed by atoms with E-state index < -0.39 is 11.5 Å². The molecule has 0 spiro atoms. The van der Waals surface area contributed by atoms with Crippen LogP contribution in [-0.4, -0.2) is 64.8 Å². The molecule has 10 nitrogen and oxygen atoms in total. The second-order valence-electron chi connectivity index (χ2n) is 10.1. The zero-order chi connectivity index (χ0) is 28.0. The fourth-order valence-electron chi connectivity index (χ4n) is 4.13. The molecule has 0 aliphatic carbocycles. The summed E-state index contributed by atoms with van der Waals surface area (Å²) in [5, 5.41) is 20.8. The highest BCUT2D eigenvalue weighted by Crippen LogP contribution is 2.35. The Morgan fingerprint density at radius 2 is 1.92 bits per heavy atom. The average molecular weight is 522 g/mol. The predicted molar refractivity (Wildman–Crippen MR) is 145 cm³/mol. The summed E-state index contributed by atoms with van der Waals surface area (Å²) in [7, 11) is 1.60. The maximum atomic E-state index is 13.1. The van der Waals surface area contributed by atoms with Crippen LogP contribution in [0.25, 0.3) is 0 Å². The average Bonchev–Trinajstić information content (AvgIpc) is 3.18. The molecule has 0 unspecified atom stereocenters. The van der Waals surface area contributed by atoms with Gasteiger partial charge >= 0.3 is 0 Å². The number of pyridine rings is 1. The van der Waals surface area contributed by atoms with E-state index in [9.17, 15) is 19.5 Å². The molecule has 2 aliphatic rings. The summed E-state index contributed by atoms with van der Waals surface area (Å²) >= 11 is 0. The van der Waals surface area contributed by atoms with Crippen LogP contribution in [0.1, 0.15) is 53.5 Å². The van der Waals surface area contributed by atoms with Gasteiger partial charge in [-0.25, -0.2) is 0 Å². The van der Waals surface area contributed by atoms with E-state index >= 15 is 0 Å². The molecule has 4 rings (SSSR count). The van der Waals surface area contributed by atoms with Crippen molar-refractivity contribution in [3.05, 3.63) is 69.7 Å². The first-order valence-electron chi connectivity index (χ1n) is 12.4. The minimum absolute atomic E-state index is 0.0521. The van der Waals surface area contributed by atoms with Gasteiger partial charge in [-0.1, -0.05) is 6.58 Å². The van der Waals surface area contributed by atoms with Gasteiger partial charge in [-0.05, 0) is 57.0 Å². The quantitative estimate of drug-likeness (QED) is 0.560. The lowest BCUT2D eigenvalue weighted by molar-refractivity contribution is 0.0517. The first-order valence-corrected chi connectivity index (χ1v) is 12.4. The van der Waals surface area contributed by atoms with Gasteiger partial charge in [-0.15, -0.1) is 0 Å². The van der Waals surface area contributed by atoms with Crippen molar-refractivity contribution in [1.82, 2.24) is 9.47 Å². The first kappa shape index (κ1) is 28.6. The van der Waals surface area contributed by atoms with Gasteiger partial charge in [0, 0.05) is 50.6 Å². The van der Waals surface area contributed by atoms with Gasteiger partial charge in [-0.2, -0.15) is 5.26 Å². The maximum absolute atomic E-state index is 13.1. The lowest BCUT2D eigenvalue weighted by atomic mass is 10.1. The summed E-state index contributed by atoms with van der Waals surface area (Å²) in [4.78, 5) is 42.3. The fourth-order valence-corrected chi connectivity index (χ4v) is 4.13. The van der Waals surface area contributed by atoms with Gasteiger partial charge in [0.25, 0.3) is 17.4 Å². The number of carbonyl (C=O) groups excluding carboxylic acids is 2. The summed E-state index contributed by atoms with van der Waals surface area (Å²) in [5.74, 6) is -0.576. The normalized spacial score (nSPS) is 14.8. The van der Waals surface area contributed by atoms with Crippen molar-refractivity contribution in [3.63, 3.8) is 0 Å². The van der Waals surface area contributed by atoms with Crippen LogP contribution in [0.15, 0.2) is 47.4 Å². The van der Waals surface area contributed by atoms with Crippen LogP contribution in [0.3, 0.4) is 0 Å². The second-order valence-corrected chi connectivity index (χ2v) is 10.1. The van der Waals surface area contributed by atoms with Gasteiger partial charge in [0.15, 0.2) is 0 Å². The molecule has 202 valence electrons. The molecule has 1 saturated heterocycles. The molecule has 2 aliphatic heterocycles. The molecule has 2 N–H and O–H groups in total. The molecular weight excluding hydrogens is 486 g/mol. The lowest BCUT2D eigenvalue weighted by Crippen LogP contribution is -2.37. The number of aromatic nitrogens is 1. The van der Waals surface area contributed by atoms with Gasteiger partial charge in [-0.3, -0.25) is 14.4 Å². The predicted octanol–water partition coefficient (Wildman–Crippen LogP) is 2.68. The monoisotopic (exact) mass is 521 g/mol. The summed E-state index contributed by atoms with van der Waals surface area (Å²) in [5.41, 5.74) is 2.07. The van der Waals surface area contributed by atoms with Crippen LogP contribution in [-0.2, 0) is 18.3 Å². The molecule has 0 bridgehead atoms. The van der Waals surface area contributed by atoms with Crippen LogP contribution in [0.4, 0.5) is 11.4 Å². The number of fused-ring (bicyclic) bond motifs is 1. The summed E-state index contributed by atoms with van der Waals surface area (Å²) in [6.07, 6.45) is 2.06. The smallest absolute Gasteiger partial charge is 0.263 e. The van der Waals surface area contributed by atoms with Gasteiger partial charge in [0.1, 0.15) is 5.56 Å². The summed E-state index contributed by atoms with van der Waals surface area (Å²) < 4.78 is 6.82. The number of anilines is 2. The highest BCUT2D eigenvalue weighted by atomic mass is 16.5. The molecular formula is C28H35N5O5. The minimum atomic E-state index is -0.866. The van der Waals surface area contributed by atoms with E-state index in [1.54, 1.807) is 45.0 Å². The number of benzene rings is 1. The standard InChI is InChI=1S/C24H30N4O5.C4H5N/c1-24(2,32)6-8-28-15-16-13-19(25-21(29)17-5-4-7-26(3)22(17)30)20(14-18(16)23(28)31)27-9-11-33-12-10-27;1-4(2)3-5/h4-5,7,13-14,32H,6,8-12,15H2,1-3H3,(H,25,29);1H2,2H3. The van der Waals surface area contributed by atoms with Crippen molar-refractivity contribution in [2.24, 2.45) is 7.05 Å². The zero-order valence-electron chi connectivity index (χ0n) is 22.4. The molecule has 1 aromatic heterocycles. The SMILES string of the molecule is C=C(C)C#N.Cn1cccc(C(=O)Nc2cc3c(cc2N2CCOCC2)C(=O)N(CCC(C)(C)O)C3)c1=O.